The number of hydrogen-bond acceptors (Lipinski definition) is 4. The van der Waals surface area contributed by atoms with E-state index in [1.165, 1.54) is 12.3 Å². The third kappa shape index (κ3) is 4.55. The van der Waals surface area contributed by atoms with Gasteiger partial charge in [-0.05, 0) is 36.8 Å². The molecule has 23 heavy (non-hydrogen) atoms. The van der Waals surface area contributed by atoms with Gasteiger partial charge in [-0.25, -0.2) is 5.43 Å². The molecule has 0 spiro atoms. The number of amides is 2. The van der Waals surface area contributed by atoms with Gasteiger partial charge in [-0.15, -0.1) is 0 Å². The largest absolute Gasteiger partial charge is 0.507 e. The fraction of sp³-hybridized carbons (Fsp3) is 0.0625. The van der Waals surface area contributed by atoms with Gasteiger partial charge < -0.3 is 10.4 Å². The molecule has 2 aromatic rings. The van der Waals surface area contributed by atoms with Crippen LogP contribution in [0.5, 0.6) is 5.75 Å². The molecular weight excluding hydrogens is 318 g/mol. The predicted molar refractivity (Wildman–Crippen MR) is 88.7 cm³/mol. The molecule has 0 saturated carbocycles. The number of rotatable bonds is 3. The van der Waals surface area contributed by atoms with Crippen molar-refractivity contribution in [3.63, 3.8) is 0 Å². The van der Waals surface area contributed by atoms with Crippen LogP contribution in [0, 0.1) is 6.92 Å². The maximum Gasteiger partial charge on any atom is 0.329 e. The minimum Gasteiger partial charge on any atom is -0.507 e. The Balaban J connectivity index is 1.97. The van der Waals surface area contributed by atoms with Crippen LogP contribution in [0.4, 0.5) is 5.69 Å². The number of nitrogens with zero attached hydrogens (tertiary/aromatic N) is 1. The summed E-state index contributed by atoms with van der Waals surface area (Å²) < 4.78 is 0. The second-order valence-electron chi connectivity index (χ2n) is 4.67. The van der Waals surface area contributed by atoms with E-state index >= 15 is 0 Å². The molecule has 2 amide bonds. The first-order chi connectivity index (χ1) is 11.0. The number of hydrazone groups is 1. The second-order valence-corrected chi connectivity index (χ2v) is 5.11. The summed E-state index contributed by atoms with van der Waals surface area (Å²) in [4.78, 5) is 23.5. The van der Waals surface area contributed by atoms with E-state index in [-0.39, 0.29) is 5.75 Å². The number of benzene rings is 2. The van der Waals surface area contributed by atoms with Crippen molar-refractivity contribution in [2.75, 3.05) is 5.32 Å². The highest BCUT2D eigenvalue weighted by Crippen LogP contribution is 2.20. The Bertz CT molecular complexity index is 775. The number of carbonyl (C=O) groups is 2. The summed E-state index contributed by atoms with van der Waals surface area (Å²) in [5, 5.41) is 16.1. The molecule has 0 heterocycles. The van der Waals surface area contributed by atoms with E-state index in [2.05, 4.69) is 15.8 Å². The molecule has 0 fully saturated rings. The van der Waals surface area contributed by atoms with E-state index in [9.17, 15) is 14.7 Å². The van der Waals surface area contributed by atoms with Crippen LogP contribution in [-0.4, -0.2) is 23.1 Å². The summed E-state index contributed by atoms with van der Waals surface area (Å²) in [6, 6.07) is 11.4. The highest BCUT2D eigenvalue weighted by molar-refractivity contribution is 6.40. The molecule has 0 aromatic heterocycles. The van der Waals surface area contributed by atoms with Crippen molar-refractivity contribution in [3.05, 3.63) is 58.6 Å². The molecule has 0 bridgehead atoms. The lowest BCUT2D eigenvalue weighted by molar-refractivity contribution is -0.136. The van der Waals surface area contributed by atoms with Crippen molar-refractivity contribution in [2.24, 2.45) is 5.10 Å². The van der Waals surface area contributed by atoms with Crippen molar-refractivity contribution in [1.29, 1.82) is 0 Å². The van der Waals surface area contributed by atoms with Crippen LogP contribution >= 0.6 is 11.6 Å². The number of aromatic hydroxyl groups is 1. The van der Waals surface area contributed by atoms with Gasteiger partial charge in [-0.2, -0.15) is 5.10 Å². The molecular formula is C16H14ClN3O3. The lowest BCUT2D eigenvalue weighted by atomic mass is 10.2. The number of phenols is 1. The molecule has 0 saturated heterocycles. The van der Waals surface area contributed by atoms with Crippen LogP contribution in [0.3, 0.4) is 0 Å². The van der Waals surface area contributed by atoms with E-state index in [4.69, 9.17) is 11.6 Å². The third-order valence-electron chi connectivity index (χ3n) is 2.96. The van der Waals surface area contributed by atoms with E-state index in [1.54, 1.807) is 43.3 Å². The van der Waals surface area contributed by atoms with Gasteiger partial charge in [0.15, 0.2) is 0 Å². The lowest BCUT2D eigenvalue weighted by Gasteiger charge is -2.07. The van der Waals surface area contributed by atoms with Crippen LogP contribution in [0.2, 0.25) is 5.02 Å². The molecule has 3 N–H and O–H groups in total. The fourth-order valence-electron chi connectivity index (χ4n) is 1.72. The van der Waals surface area contributed by atoms with Gasteiger partial charge in [0.05, 0.1) is 6.21 Å². The highest BCUT2D eigenvalue weighted by atomic mass is 35.5. The molecule has 2 aromatic carbocycles. The molecule has 0 unspecified atom stereocenters. The lowest BCUT2D eigenvalue weighted by Crippen LogP contribution is -2.32. The van der Waals surface area contributed by atoms with E-state index in [0.717, 1.165) is 5.56 Å². The van der Waals surface area contributed by atoms with Crippen molar-refractivity contribution < 1.29 is 14.7 Å². The number of phenolic OH excluding ortho intramolecular Hbond substituents is 1. The molecule has 0 atom stereocenters. The zero-order chi connectivity index (χ0) is 16.8. The zero-order valence-electron chi connectivity index (χ0n) is 12.2. The van der Waals surface area contributed by atoms with Crippen molar-refractivity contribution in [2.45, 2.75) is 6.92 Å². The average molecular weight is 332 g/mol. The first kappa shape index (κ1) is 16.5. The van der Waals surface area contributed by atoms with Crippen LogP contribution in [0.15, 0.2) is 47.6 Å². The fourth-order valence-corrected chi connectivity index (χ4v) is 1.89. The van der Waals surface area contributed by atoms with Gasteiger partial charge >= 0.3 is 11.8 Å². The molecule has 118 valence electrons. The van der Waals surface area contributed by atoms with E-state index in [1.807, 2.05) is 0 Å². The first-order valence-electron chi connectivity index (χ1n) is 6.66. The van der Waals surface area contributed by atoms with Crippen molar-refractivity contribution in [1.82, 2.24) is 5.43 Å². The SMILES string of the molecule is Cc1ccc(Cl)cc1NC(=O)C(=O)N/N=C\c1ccccc1O. The van der Waals surface area contributed by atoms with Gasteiger partial charge in [0.1, 0.15) is 5.75 Å². The minimum atomic E-state index is -0.934. The maximum atomic E-state index is 11.8. The third-order valence-corrected chi connectivity index (χ3v) is 3.20. The number of carbonyl (C=O) groups excluding carboxylic acids is 2. The smallest absolute Gasteiger partial charge is 0.329 e. The van der Waals surface area contributed by atoms with Crippen molar-refractivity contribution >= 4 is 35.3 Å². The second kappa shape index (κ2) is 7.42. The Kier molecular flexibility index (Phi) is 5.32. The zero-order valence-corrected chi connectivity index (χ0v) is 13.0. The van der Waals surface area contributed by atoms with Gasteiger partial charge in [0, 0.05) is 16.3 Å². The maximum absolute atomic E-state index is 11.8. The van der Waals surface area contributed by atoms with E-state index < -0.39 is 11.8 Å². The van der Waals surface area contributed by atoms with Gasteiger partial charge in [0.2, 0.25) is 0 Å². The Morgan fingerprint density at radius 2 is 1.91 bits per heavy atom. The molecule has 6 nitrogen and oxygen atoms in total. The quantitative estimate of drug-likeness (QED) is 0.458. The van der Waals surface area contributed by atoms with Crippen LogP contribution in [0.25, 0.3) is 0 Å². The monoisotopic (exact) mass is 331 g/mol. The number of aryl methyl sites for hydroxylation is 1. The topological polar surface area (TPSA) is 90.8 Å². The number of nitrogens with one attached hydrogen (secondary N) is 2. The van der Waals surface area contributed by atoms with Crippen LogP contribution < -0.4 is 10.7 Å². The Labute approximate surface area is 137 Å². The number of anilines is 1. The summed E-state index contributed by atoms with van der Waals surface area (Å²) in [7, 11) is 0. The Morgan fingerprint density at radius 3 is 2.65 bits per heavy atom. The average Bonchev–Trinajstić information content (AvgIpc) is 2.52. The van der Waals surface area contributed by atoms with Gasteiger partial charge in [0.25, 0.3) is 0 Å². The Hall–Kier alpha value is -2.86. The standard InChI is InChI=1S/C16H14ClN3O3/c1-10-6-7-12(17)8-13(10)19-15(22)16(23)20-18-9-11-4-2-3-5-14(11)21/h2-9,21H,1H3,(H,19,22)(H,20,23)/b18-9-. The highest BCUT2D eigenvalue weighted by Gasteiger charge is 2.14. The molecule has 0 radical (unpaired) electrons. The summed E-state index contributed by atoms with van der Waals surface area (Å²) in [6.07, 6.45) is 1.24. The minimum absolute atomic E-state index is 0.0181. The number of hydrogen-bond donors (Lipinski definition) is 3. The molecule has 0 aliphatic carbocycles. The Morgan fingerprint density at radius 1 is 1.17 bits per heavy atom. The molecule has 0 aliphatic rings. The first-order valence-corrected chi connectivity index (χ1v) is 7.03. The van der Waals surface area contributed by atoms with Gasteiger partial charge in [-0.3, -0.25) is 9.59 Å². The summed E-state index contributed by atoms with van der Waals surface area (Å²) in [6.45, 7) is 1.78. The van der Waals surface area contributed by atoms with Crippen LogP contribution in [-0.2, 0) is 9.59 Å². The number of para-hydroxylation sites is 1. The summed E-state index contributed by atoms with van der Waals surface area (Å²) in [5.41, 5.74) is 3.72. The molecule has 2 rings (SSSR count). The normalized spacial score (nSPS) is 10.5. The summed E-state index contributed by atoms with van der Waals surface area (Å²) in [5.74, 6) is -1.79. The van der Waals surface area contributed by atoms with Gasteiger partial charge in [-0.1, -0.05) is 29.8 Å². The summed E-state index contributed by atoms with van der Waals surface area (Å²) >= 11 is 5.85. The molecule has 7 heteroatoms. The predicted octanol–water partition coefficient (Wildman–Crippen LogP) is 2.44. The van der Waals surface area contributed by atoms with E-state index in [0.29, 0.717) is 16.3 Å². The molecule has 0 aliphatic heterocycles. The van der Waals surface area contributed by atoms with Crippen molar-refractivity contribution in [3.8, 4) is 5.75 Å². The number of halogens is 1. The van der Waals surface area contributed by atoms with Crippen LogP contribution in [0.1, 0.15) is 11.1 Å².